The van der Waals surface area contributed by atoms with Gasteiger partial charge in [0.1, 0.15) is 0 Å². The fourth-order valence-corrected chi connectivity index (χ4v) is 1.30. The first-order chi connectivity index (χ1) is 5.45. The Morgan fingerprint density at radius 3 is 2.50 bits per heavy atom. The summed E-state index contributed by atoms with van der Waals surface area (Å²) in [6.45, 7) is 13.4. The monoisotopic (exact) mass is 185 g/mol. The van der Waals surface area contributed by atoms with E-state index >= 15 is 0 Å². The second kappa shape index (κ2) is 4.94. The molecule has 0 heterocycles. The lowest BCUT2D eigenvalue weighted by Gasteiger charge is -2.14. The SMILES string of the molecule is [C-]#[N+]CC(=O)OCC[Si](C)(C)C. The molecule has 0 aliphatic carbocycles. The van der Waals surface area contributed by atoms with Crippen molar-refractivity contribution in [2.45, 2.75) is 25.7 Å². The number of carbonyl (C=O) groups excluding carboxylic acids is 1. The maximum absolute atomic E-state index is 10.7. The summed E-state index contributed by atoms with van der Waals surface area (Å²) in [6.07, 6.45) is 0. The lowest BCUT2D eigenvalue weighted by atomic mass is 10.7. The molecule has 0 amide bonds. The van der Waals surface area contributed by atoms with Crippen molar-refractivity contribution < 1.29 is 9.53 Å². The summed E-state index contributed by atoms with van der Waals surface area (Å²) < 4.78 is 4.84. The van der Waals surface area contributed by atoms with Crippen LogP contribution in [0.15, 0.2) is 0 Å². The van der Waals surface area contributed by atoms with Gasteiger partial charge in [0.25, 0.3) is 0 Å². The molecule has 0 N–H and O–H groups in total. The molecular formula is C8H15NO2Si. The Labute approximate surface area is 74.6 Å². The Balaban J connectivity index is 3.45. The van der Waals surface area contributed by atoms with E-state index in [0.717, 1.165) is 6.04 Å². The number of ether oxygens (including phenoxy) is 1. The zero-order valence-electron chi connectivity index (χ0n) is 7.89. The molecular weight excluding hydrogens is 170 g/mol. The van der Waals surface area contributed by atoms with E-state index in [1.807, 2.05) is 0 Å². The van der Waals surface area contributed by atoms with Crippen LogP contribution >= 0.6 is 0 Å². The van der Waals surface area contributed by atoms with E-state index in [4.69, 9.17) is 11.3 Å². The molecule has 0 spiro atoms. The van der Waals surface area contributed by atoms with E-state index in [2.05, 4.69) is 24.5 Å². The molecule has 0 rings (SSSR count). The van der Waals surface area contributed by atoms with Crippen LogP contribution in [0, 0.1) is 6.57 Å². The summed E-state index contributed by atoms with van der Waals surface area (Å²) in [7, 11) is -1.10. The Bertz CT molecular complexity index is 190. The third kappa shape index (κ3) is 7.29. The number of rotatable bonds is 4. The van der Waals surface area contributed by atoms with Crippen LogP contribution in [0.3, 0.4) is 0 Å². The van der Waals surface area contributed by atoms with Crippen LogP contribution in [0.25, 0.3) is 4.85 Å². The first kappa shape index (κ1) is 11.2. The van der Waals surface area contributed by atoms with E-state index in [9.17, 15) is 4.79 Å². The van der Waals surface area contributed by atoms with E-state index in [1.54, 1.807) is 0 Å². The average molecular weight is 185 g/mol. The summed E-state index contributed by atoms with van der Waals surface area (Å²) >= 11 is 0. The second-order valence-corrected chi connectivity index (χ2v) is 9.47. The van der Waals surface area contributed by atoms with E-state index in [0.29, 0.717) is 6.61 Å². The van der Waals surface area contributed by atoms with Crippen molar-refractivity contribution in [3.8, 4) is 0 Å². The predicted molar refractivity (Wildman–Crippen MR) is 50.6 cm³/mol. The molecule has 4 heteroatoms. The summed E-state index contributed by atoms with van der Waals surface area (Å²) in [5.41, 5.74) is 0. The minimum Gasteiger partial charge on any atom is -0.460 e. The largest absolute Gasteiger partial charge is 0.460 e. The van der Waals surface area contributed by atoms with Crippen LogP contribution in [0.5, 0.6) is 0 Å². The molecule has 0 bridgehead atoms. The van der Waals surface area contributed by atoms with Crippen molar-refractivity contribution in [3.63, 3.8) is 0 Å². The number of carbonyl (C=O) groups is 1. The van der Waals surface area contributed by atoms with Gasteiger partial charge >= 0.3 is 12.5 Å². The smallest absolute Gasteiger partial charge is 0.387 e. The van der Waals surface area contributed by atoms with Crippen molar-refractivity contribution in [1.29, 1.82) is 0 Å². The third-order valence-electron chi connectivity index (χ3n) is 1.32. The summed E-state index contributed by atoms with van der Waals surface area (Å²) in [4.78, 5) is 13.6. The number of hydrogen-bond donors (Lipinski definition) is 0. The lowest BCUT2D eigenvalue weighted by molar-refractivity contribution is -0.140. The van der Waals surface area contributed by atoms with E-state index in [1.165, 1.54) is 0 Å². The van der Waals surface area contributed by atoms with Crippen molar-refractivity contribution >= 4 is 14.0 Å². The third-order valence-corrected chi connectivity index (χ3v) is 3.03. The first-order valence-electron chi connectivity index (χ1n) is 3.94. The van der Waals surface area contributed by atoms with Crippen molar-refractivity contribution in [1.82, 2.24) is 0 Å². The normalized spacial score (nSPS) is 10.5. The van der Waals surface area contributed by atoms with Gasteiger partial charge in [-0.2, -0.15) is 0 Å². The van der Waals surface area contributed by atoms with Gasteiger partial charge in [-0.05, 0) is 6.04 Å². The molecule has 0 saturated carbocycles. The molecule has 0 radical (unpaired) electrons. The Hall–Kier alpha value is -0.823. The molecule has 68 valence electrons. The molecule has 0 aliphatic rings. The van der Waals surface area contributed by atoms with Gasteiger partial charge in [0, 0.05) is 8.07 Å². The second-order valence-electron chi connectivity index (χ2n) is 3.85. The van der Waals surface area contributed by atoms with Crippen LogP contribution < -0.4 is 0 Å². The maximum atomic E-state index is 10.7. The highest BCUT2D eigenvalue weighted by molar-refractivity contribution is 6.76. The highest BCUT2D eigenvalue weighted by Crippen LogP contribution is 2.07. The number of hydrogen-bond acceptors (Lipinski definition) is 2. The quantitative estimate of drug-likeness (QED) is 0.380. The zero-order chi connectivity index (χ0) is 9.61. The minimum atomic E-state index is -1.10. The van der Waals surface area contributed by atoms with Gasteiger partial charge < -0.3 is 9.58 Å². The van der Waals surface area contributed by atoms with Crippen LogP contribution in [0.4, 0.5) is 0 Å². The number of esters is 1. The molecule has 0 aliphatic heterocycles. The molecule has 0 aromatic carbocycles. The predicted octanol–water partition coefficient (Wildman–Crippen LogP) is 1.79. The van der Waals surface area contributed by atoms with Crippen LogP contribution in [0.1, 0.15) is 0 Å². The minimum absolute atomic E-state index is 0.147. The van der Waals surface area contributed by atoms with E-state index in [-0.39, 0.29) is 6.54 Å². The molecule has 0 atom stereocenters. The van der Waals surface area contributed by atoms with Gasteiger partial charge in [0.2, 0.25) is 0 Å². The first-order valence-corrected chi connectivity index (χ1v) is 7.65. The molecule has 12 heavy (non-hydrogen) atoms. The number of nitrogens with zero attached hydrogens (tertiary/aromatic N) is 1. The maximum Gasteiger partial charge on any atom is 0.387 e. The highest BCUT2D eigenvalue weighted by atomic mass is 28.3. The van der Waals surface area contributed by atoms with Crippen LogP contribution in [0.2, 0.25) is 25.7 Å². The Morgan fingerprint density at radius 2 is 2.08 bits per heavy atom. The van der Waals surface area contributed by atoms with Gasteiger partial charge in [-0.3, -0.25) is 0 Å². The van der Waals surface area contributed by atoms with Gasteiger partial charge in [0.05, 0.1) is 6.61 Å². The van der Waals surface area contributed by atoms with Crippen molar-refractivity contribution in [2.24, 2.45) is 0 Å². The Morgan fingerprint density at radius 1 is 1.50 bits per heavy atom. The van der Waals surface area contributed by atoms with Gasteiger partial charge in [-0.25, -0.2) is 11.4 Å². The fraction of sp³-hybridized carbons (Fsp3) is 0.750. The van der Waals surface area contributed by atoms with Crippen LogP contribution in [-0.2, 0) is 9.53 Å². The molecule has 3 nitrogen and oxygen atoms in total. The van der Waals surface area contributed by atoms with E-state index < -0.39 is 14.0 Å². The highest BCUT2D eigenvalue weighted by Gasteiger charge is 2.14. The topological polar surface area (TPSA) is 30.7 Å². The molecule has 0 unspecified atom stereocenters. The van der Waals surface area contributed by atoms with Gasteiger partial charge in [-0.15, -0.1) is 0 Å². The van der Waals surface area contributed by atoms with Gasteiger partial charge in [0.15, 0.2) is 0 Å². The van der Waals surface area contributed by atoms with Crippen LogP contribution in [-0.4, -0.2) is 27.2 Å². The van der Waals surface area contributed by atoms with Crippen molar-refractivity contribution in [2.75, 3.05) is 13.2 Å². The summed E-state index contributed by atoms with van der Waals surface area (Å²) in [5, 5.41) is 0. The molecule has 0 aromatic heterocycles. The molecule has 0 fully saturated rings. The summed E-state index contributed by atoms with van der Waals surface area (Å²) in [6, 6.07) is 0.969. The van der Waals surface area contributed by atoms with Gasteiger partial charge in [-0.1, -0.05) is 19.6 Å². The molecule has 0 aromatic rings. The average Bonchev–Trinajstić information content (AvgIpc) is 1.84. The summed E-state index contributed by atoms with van der Waals surface area (Å²) in [5.74, 6) is -0.400. The fourth-order valence-electron chi connectivity index (χ4n) is 0.581. The Kier molecular flexibility index (Phi) is 4.60. The lowest BCUT2D eigenvalue weighted by Crippen LogP contribution is -2.23. The zero-order valence-corrected chi connectivity index (χ0v) is 8.89. The molecule has 0 saturated heterocycles. The standard InChI is InChI=1S/C8H15NO2Si/c1-9-7-8(10)11-5-6-12(2,3)4/h5-7H2,2-4H3. The van der Waals surface area contributed by atoms with Crippen molar-refractivity contribution in [3.05, 3.63) is 11.4 Å².